The molecular formula is C14H18F3NO3Si. The zero-order chi connectivity index (χ0) is 17.1. The van der Waals surface area contributed by atoms with Crippen molar-refractivity contribution < 1.29 is 27.1 Å². The van der Waals surface area contributed by atoms with Gasteiger partial charge in [0.2, 0.25) is 0 Å². The first-order valence-electron chi connectivity index (χ1n) is 6.44. The minimum absolute atomic E-state index is 0.0910. The molecule has 8 heteroatoms. The van der Waals surface area contributed by atoms with Crippen molar-refractivity contribution >= 4 is 8.32 Å². The van der Waals surface area contributed by atoms with Gasteiger partial charge in [0.15, 0.2) is 25.9 Å². The van der Waals surface area contributed by atoms with E-state index >= 15 is 0 Å². The van der Waals surface area contributed by atoms with Gasteiger partial charge in [-0.15, -0.1) is 0 Å². The van der Waals surface area contributed by atoms with Crippen molar-refractivity contribution in [2.45, 2.75) is 31.9 Å². The van der Waals surface area contributed by atoms with Crippen molar-refractivity contribution in [2.75, 3.05) is 14.2 Å². The van der Waals surface area contributed by atoms with E-state index in [1.807, 2.05) is 25.7 Å². The van der Waals surface area contributed by atoms with Gasteiger partial charge >= 0.3 is 6.18 Å². The number of methoxy groups -OCH3 is 2. The Morgan fingerprint density at radius 1 is 1.14 bits per heavy atom. The highest BCUT2D eigenvalue weighted by Crippen LogP contribution is 2.43. The van der Waals surface area contributed by atoms with Gasteiger partial charge in [-0.1, -0.05) is 0 Å². The molecule has 0 aliphatic carbocycles. The number of benzene rings is 1. The number of hydrogen-bond acceptors (Lipinski definition) is 4. The molecule has 0 heterocycles. The third kappa shape index (κ3) is 4.38. The van der Waals surface area contributed by atoms with Gasteiger partial charge in [-0.2, -0.15) is 18.4 Å². The van der Waals surface area contributed by atoms with Crippen LogP contribution in [0.25, 0.3) is 0 Å². The molecule has 122 valence electrons. The Morgan fingerprint density at radius 2 is 1.73 bits per heavy atom. The summed E-state index contributed by atoms with van der Waals surface area (Å²) in [4.78, 5) is 0. The second-order valence-electron chi connectivity index (χ2n) is 5.54. The lowest BCUT2D eigenvalue weighted by molar-refractivity contribution is -0.139. The van der Waals surface area contributed by atoms with Crippen LogP contribution in [0.1, 0.15) is 17.2 Å². The van der Waals surface area contributed by atoms with Crippen LogP contribution in [-0.4, -0.2) is 22.5 Å². The van der Waals surface area contributed by atoms with Crippen molar-refractivity contribution in [3.8, 4) is 17.6 Å². The molecule has 22 heavy (non-hydrogen) atoms. The number of alkyl halides is 3. The van der Waals surface area contributed by atoms with E-state index in [9.17, 15) is 18.4 Å². The SMILES string of the molecule is COc1cc(C(C#N)O[Si](C)(C)C)cc(C(F)(F)F)c1OC. The van der Waals surface area contributed by atoms with E-state index in [4.69, 9.17) is 13.9 Å². The molecule has 1 rings (SSSR count). The van der Waals surface area contributed by atoms with E-state index in [1.54, 1.807) is 0 Å². The molecule has 1 aromatic rings. The molecule has 1 unspecified atom stereocenters. The Balaban J connectivity index is 3.47. The molecule has 0 aliphatic rings. The summed E-state index contributed by atoms with van der Waals surface area (Å²) in [7, 11) is 0.258. The van der Waals surface area contributed by atoms with E-state index in [1.165, 1.54) is 13.2 Å². The van der Waals surface area contributed by atoms with Crippen molar-refractivity contribution in [2.24, 2.45) is 0 Å². The second-order valence-corrected chi connectivity index (χ2v) is 10.0. The highest BCUT2D eigenvalue weighted by atomic mass is 28.4. The Hall–Kier alpha value is -1.72. The maximum Gasteiger partial charge on any atom is 0.420 e. The molecule has 0 N–H and O–H groups in total. The fraction of sp³-hybridized carbons (Fsp3) is 0.500. The Bertz CT molecular complexity index is 576. The standard InChI is InChI=1S/C14H18F3NO3Si/c1-19-11-7-9(12(8-18)21-22(3,4)5)6-10(13(11)20-2)14(15,16)17/h6-7,12H,1-5H3. The largest absolute Gasteiger partial charge is 0.493 e. The molecule has 0 saturated carbocycles. The van der Waals surface area contributed by atoms with Crippen molar-refractivity contribution in [3.63, 3.8) is 0 Å². The van der Waals surface area contributed by atoms with Gasteiger partial charge in [0.05, 0.1) is 20.3 Å². The molecule has 0 fully saturated rings. The van der Waals surface area contributed by atoms with Gasteiger partial charge in [-0.05, 0) is 37.3 Å². The highest BCUT2D eigenvalue weighted by Gasteiger charge is 2.37. The molecule has 0 radical (unpaired) electrons. The molecule has 0 bridgehead atoms. The van der Waals surface area contributed by atoms with Gasteiger partial charge in [-0.3, -0.25) is 0 Å². The number of ether oxygens (including phenoxy) is 2. The van der Waals surface area contributed by atoms with Crippen LogP contribution in [0.5, 0.6) is 11.5 Å². The van der Waals surface area contributed by atoms with E-state index in [-0.39, 0.29) is 11.3 Å². The lowest BCUT2D eigenvalue weighted by atomic mass is 10.0. The molecule has 0 spiro atoms. The zero-order valence-electron chi connectivity index (χ0n) is 13.0. The lowest BCUT2D eigenvalue weighted by Gasteiger charge is -2.24. The third-order valence-corrected chi connectivity index (χ3v) is 3.64. The van der Waals surface area contributed by atoms with Crippen molar-refractivity contribution in [3.05, 3.63) is 23.3 Å². The number of rotatable bonds is 5. The number of nitriles is 1. The normalized spacial score (nSPS) is 13.4. The minimum Gasteiger partial charge on any atom is -0.493 e. The second kappa shape index (κ2) is 6.58. The van der Waals surface area contributed by atoms with E-state index < -0.39 is 31.9 Å². The molecule has 4 nitrogen and oxygen atoms in total. The quantitative estimate of drug-likeness (QED) is 0.760. The minimum atomic E-state index is -4.63. The Kier molecular flexibility index (Phi) is 5.48. The molecule has 0 saturated heterocycles. The first-order valence-corrected chi connectivity index (χ1v) is 9.85. The smallest absolute Gasteiger partial charge is 0.420 e. The van der Waals surface area contributed by atoms with Crippen LogP contribution in [0.2, 0.25) is 19.6 Å². The average Bonchev–Trinajstić information content (AvgIpc) is 2.41. The molecule has 1 atom stereocenters. The first-order chi connectivity index (χ1) is 10.0. The van der Waals surface area contributed by atoms with Crippen molar-refractivity contribution in [1.82, 2.24) is 0 Å². The van der Waals surface area contributed by atoms with Crippen LogP contribution in [0.15, 0.2) is 12.1 Å². The van der Waals surface area contributed by atoms with Crippen LogP contribution in [0, 0.1) is 11.3 Å². The fourth-order valence-electron chi connectivity index (χ4n) is 1.87. The summed E-state index contributed by atoms with van der Waals surface area (Å²) in [5, 5.41) is 9.22. The first kappa shape index (κ1) is 18.3. The Morgan fingerprint density at radius 3 is 2.09 bits per heavy atom. The zero-order valence-corrected chi connectivity index (χ0v) is 14.0. The van der Waals surface area contributed by atoms with Crippen LogP contribution in [-0.2, 0) is 10.6 Å². The van der Waals surface area contributed by atoms with Crippen molar-refractivity contribution in [1.29, 1.82) is 5.26 Å². The third-order valence-electron chi connectivity index (χ3n) is 2.70. The predicted molar refractivity (Wildman–Crippen MR) is 77.3 cm³/mol. The number of nitrogens with zero attached hydrogens (tertiary/aromatic N) is 1. The monoisotopic (exact) mass is 333 g/mol. The maximum atomic E-state index is 13.2. The molecule has 0 aliphatic heterocycles. The van der Waals surface area contributed by atoms with Crippen LogP contribution < -0.4 is 9.47 Å². The fourth-order valence-corrected chi connectivity index (χ4v) is 2.77. The van der Waals surface area contributed by atoms with Crippen LogP contribution in [0.3, 0.4) is 0 Å². The summed E-state index contributed by atoms with van der Waals surface area (Å²) in [5.41, 5.74) is -0.904. The summed E-state index contributed by atoms with van der Waals surface area (Å²) < 4.78 is 54.9. The summed E-state index contributed by atoms with van der Waals surface area (Å²) in [5.74, 6) is -0.504. The summed E-state index contributed by atoms with van der Waals surface area (Å²) in [6.07, 6.45) is -5.72. The topological polar surface area (TPSA) is 51.5 Å². The van der Waals surface area contributed by atoms with Gasteiger partial charge in [0.1, 0.15) is 5.56 Å². The van der Waals surface area contributed by atoms with E-state index in [0.29, 0.717) is 0 Å². The summed E-state index contributed by atoms with van der Waals surface area (Å²) in [6.45, 7) is 5.55. The summed E-state index contributed by atoms with van der Waals surface area (Å²) in [6, 6.07) is 4.10. The highest BCUT2D eigenvalue weighted by molar-refractivity contribution is 6.69. The van der Waals surface area contributed by atoms with E-state index in [2.05, 4.69) is 0 Å². The van der Waals surface area contributed by atoms with Crippen LogP contribution in [0.4, 0.5) is 13.2 Å². The average molecular weight is 333 g/mol. The number of hydrogen-bond donors (Lipinski definition) is 0. The van der Waals surface area contributed by atoms with E-state index in [0.717, 1.165) is 13.2 Å². The molecule has 0 aromatic heterocycles. The van der Waals surface area contributed by atoms with Crippen LogP contribution >= 0.6 is 0 Å². The number of halogens is 3. The van der Waals surface area contributed by atoms with Gasteiger partial charge in [0.25, 0.3) is 0 Å². The molecule has 1 aromatic carbocycles. The summed E-state index contributed by atoms with van der Waals surface area (Å²) >= 11 is 0. The Labute approximate surface area is 128 Å². The van der Waals surface area contributed by atoms with Gasteiger partial charge in [0, 0.05) is 0 Å². The van der Waals surface area contributed by atoms with Gasteiger partial charge < -0.3 is 13.9 Å². The maximum absolute atomic E-state index is 13.2. The van der Waals surface area contributed by atoms with Gasteiger partial charge in [-0.25, -0.2) is 0 Å². The lowest BCUT2D eigenvalue weighted by Crippen LogP contribution is -2.27. The predicted octanol–water partition coefficient (Wildman–Crippen LogP) is 4.14. The molecular weight excluding hydrogens is 315 g/mol. The molecule has 0 amide bonds.